The highest BCUT2D eigenvalue weighted by Crippen LogP contribution is 2.30. The van der Waals surface area contributed by atoms with Gasteiger partial charge in [0, 0.05) is 25.0 Å². The second-order valence-corrected chi connectivity index (χ2v) is 9.07. The van der Waals surface area contributed by atoms with Crippen LogP contribution in [0.3, 0.4) is 0 Å². The Hall–Kier alpha value is -2.46. The van der Waals surface area contributed by atoms with Crippen LogP contribution in [0.5, 0.6) is 0 Å². The number of rotatable bonds is 4. The van der Waals surface area contributed by atoms with Crippen molar-refractivity contribution in [1.29, 1.82) is 5.41 Å². The van der Waals surface area contributed by atoms with Crippen LogP contribution in [0.15, 0.2) is 39.9 Å². The summed E-state index contributed by atoms with van der Waals surface area (Å²) < 4.78 is 23.2. The first-order valence-corrected chi connectivity index (χ1v) is 11.0. The van der Waals surface area contributed by atoms with Gasteiger partial charge < -0.3 is 4.90 Å². The molecule has 0 atom stereocenters. The molecule has 0 aliphatic carbocycles. The third-order valence-corrected chi connectivity index (χ3v) is 6.66. The van der Waals surface area contributed by atoms with E-state index in [-0.39, 0.29) is 21.0 Å². The number of carbonyl (C=O) groups excluding carboxylic acids is 1. The molecule has 1 amide bonds. The fourth-order valence-electron chi connectivity index (χ4n) is 2.66. The Balaban J connectivity index is 1.91. The first-order valence-electron chi connectivity index (χ1n) is 8.30. The van der Waals surface area contributed by atoms with Gasteiger partial charge in [0.1, 0.15) is 0 Å². The molecule has 0 unspecified atom stereocenters. The predicted octanol–water partition coefficient (Wildman–Crippen LogP) is 2.15. The Morgan fingerprint density at radius 2 is 1.85 bits per heavy atom. The van der Waals surface area contributed by atoms with Gasteiger partial charge >= 0.3 is 0 Å². The summed E-state index contributed by atoms with van der Waals surface area (Å²) in [5.41, 5.74) is 1.89. The van der Waals surface area contributed by atoms with E-state index in [1.807, 2.05) is 24.3 Å². The van der Waals surface area contributed by atoms with Gasteiger partial charge in [-0.05, 0) is 49.4 Å². The number of nitrogens with one attached hydrogen (secondary N) is 1. The quantitative estimate of drug-likeness (QED) is 0.770. The molecular weight excluding hydrogens is 386 g/mol. The molecular formula is C17H19N5O3S2. The molecule has 2 aliphatic rings. The molecule has 8 nitrogen and oxygen atoms in total. The first kappa shape index (κ1) is 19.3. The fourth-order valence-corrected chi connectivity index (χ4v) is 4.35. The molecule has 2 aliphatic heterocycles. The minimum atomic E-state index is -3.54. The minimum Gasteiger partial charge on any atom is -0.372 e. The van der Waals surface area contributed by atoms with E-state index < -0.39 is 15.7 Å². The Bertz CT molecular complexity index is 990. The third-order valence-electron chi connectivity index (χ3n) is 4.09. The maximum Gasteiger partial charge on any atom is 0.283 e. The van der Waals surface area contributed by atoms with E-state index in [4.69, 9.17) is 5.41 Å². The normalized spacial score (nSPS) is 18.5. The van der Waals surface area contributed by atoms with Crippen LogP contribution in [0.2, 0.25) is 0 Å². The van der Waals surface area contributed by atoms with Crippen LogP contribution >= 0.6 is 11.8 Å². The van der Waals surface area contributed by atoms with Gasteiger partial charge in [0.15, 0.2) is 5.84 Å². The van der Waals surface area contributed by atoms with E-state index in [9.17, 15) is 13.2 Å². The zero-order valence-electron chi connectivity index (χ0n) is 15.1. The molecule has 0 radical (unpaired) electrons. The van der Waals surface area contributed by atoms with Gasteiger partial charge in [-0.15, -0.1) is 5.10 Å². The number of nitrogens with zero attached hydrogens (tertiary/aromatic N) is 4. The molecule has 142 valence electrons. The molecule has 0 saturated carbocycles. The number of carbonyl (C=O) groups is 1. The third kappa shape index (κ3) is 3.81. The van der Waals surface area contributed by atoms with Crippen LogP contribution in [0.4, 0.5) is 5.69 Å². The predicted molar refractivity (Wildman–Crippen MR) is 110 cm³/mol. The molecule has 3 rings (SSSR count). The minimum absolute atomic E-state index is 0.0634. The van der Waals surface area contributed by atoms with Crippen LogP contribution in [0.25, 0.3) is 6.08 Å². The van der Waals surface area contributed by atoms with Crippen molar-refractivity contribution in [3.8, 4) is 0 Å². The first-order chi connectivity index (χ1) is 12.7. The summed E-state index contributed by atoms with van der Waals surface area (Å²) in [4.78, 5) is 18.4. The number of amidine groups is 2. The molecule has 10 heteroatoms. The lowest BCUT2D eigenvalue weighted by Gasteiger charge is -2.21. The molecule has 1 N–H and O–H groups in total. The van der Waals surface area contributed by atoms with Gasteiger partial charge in [-0.25, -0.2) is 8.42 Å². The number of benzene rings is 1. The summed E-state index contributed by atoms with van der Waals surface area (Å²) in [6.45, 7) is 5.95. The zero-order chi connectivity index (χ0) is 19.8. The fraction of sp³-hybridized carbons (Fsp3) is 0.294. The highest BCUT2D eigenvalue weighted by atomic mass is 32.3. The molecule has 27 heavy (non-hydrogen) atoms. The number of amides is 1. The smallest absolute Gasteiger partial charge is 0.283 e. The van der Waals surface area contributed by atoms with Crippen LogP contribution in [-0.2, 0) is 14.6 Å². The average Bonchev–Trinajstić information content (AvgIpc) is 3.05. The maximum atomic E-state index is 12.3. The number of hydrazone groups is 1. The molecule has 0 fully saturated rings. The highest BCUT2D eigenvalue weighted by Gasteiger charge is 2.38. The lowest BCUT2D eigenvalue weighted by Crippen LogP contribution is -2.35. The Kier molecular flexibility index (Phi) is 5.20. The number of fused-ring (bicyclic) bond motifs is 1. The number of thioether (sulfide) groups is 1. The van der Waals surface area contributed by atoms with E-state index in [2.05, 4.69) is 28.8 Å². The van der Waals surface area contributed by atoms with Crippen LogP contribution in [0.1, 0.15) is 19.4 Å². The molecule has 1 aromatic rings. The molecule has 0 aromatic heterocycles. The summed E-state index contributed by atoms with van der Waals surface area (Å²) in [7, 11) is -3.54. The summed E-state index contributed by atoms with van der Waals surface area (Å²) >= 11 is 0.771. The maximum absolute atomic E-state index is 12.3. The summed E-state index contributed by atoms with van der Waals surface area (Å²) in [6, 6.07) is 7.64. The molecule has 0 spiro atoms. The number of sulfone groups is 1. The van der Waals surface area contributed by atoms with Crippen molar-refractivity contribution in [2.24, 2.45) is 10.1 Å². The zero-order valence-corrected chi connectivity index (χ0v) is 16.8. The SMILES string of the molecule is CCN(CC)c1ccc(/C=C2/C(=N)N3N=C(S(C)(=O)=O)SC3=NC2=O)cc1. The van der Waals surface area contributed by atoms with Crippen molar-refractivity contribution < 1.29 is 13.2 Å². The van der Waals surface area contributed by atoms with Gasteiger partial charge in [-0.1, -0.05) is 12.1 Å². The Morgan fingerprint density at radius 3 is 2.41 bits per heavy atom. The van der Waals surface area contributed by atoms with Crippen molar-refractivity contribution in [1.82, 2.24) is 5.01 Å². The number of hydrogen-bond acceptors (Lipinski definition) is 7. The highest BCUT2D eigenvalue weighted by molar-refractivity contribution is 8.42. The van der Waals surface area contributed by atoms with Gasteiger partial charge in [-0.3, -0.25) is 10.2 Å². The van der Waals surface area contributed by atoms with Gasteiger partial charge in [0.2, 0.25) is 19.4 Å². The number of aliphatic imine (C=N–C) groups is 1. The van der Waals surface area contributed by atoms with Crippen molar-refractivity contribution in [2.75, 3.05) is 24.2 Å². The second-order valence-electron chi connectivity index (χ2n) is 5.92. The lowest BCUT2D eigenvalue weighted by atomic mass is 10.1. The van der Waals surface area contributed by atoms with Crippen molar-refractivity contribution in [3.63, 3.8) is 0 Å². The number of hydrogen-bond donors (Lipinski definition) is 1. The van der Waals surface area contributed by atoms with Crippen molar-refractivity contribution in [3.05, 3.63) is 35.4 Å². The lowest BCUT2D eigenvalue weighted by molar-refractivity contribution is -0.114. The molecule has 1 aromatic carbocycles. The molecule has 0 bridgehead atoms. The van der Waals surface area contributed by atoms with Crippen molar-refractivity contribution >= 4 is 54.6 Å². The summed E-state index contributed by atoms with van der Waals surface area (Å²) in [5, 5.41) is 13.3. The van der Waals surface area contributed by atoms with Crippen LogP contribution in [0, 0.1) is 5.41 Å². The largest absolute Gasteiger partial charge is 0.372 e. The summed E-state index contributed by atoms with van der Waals surface area (Å²) in [5.74, 6) is -0.777. The second kappa shape index (κ2) is 7.28. The molecule has 2 heterocycles. The van der Waals surface area contributed by atoms with Crippen LogP contribution in [-0.4, -0.2) is 54.1 Å². The average molecular weight is 406 g/mol. The topological polar surface area (TPSA) is 106 Å². The van der Waals surface area contributed by atoms with Crippen LogP contribution < -0.4 is 4.90 Å². The standard InChI is InChI=1S/C17H19N5O3S2/c1-4-21(5-2)12-8-6-11(7-9-12)10-13-14(18)22-16(19-15(13)23)26-17(20-22)27(3,24)25/h6-10,18H,4-5H2,1-3H3/b13-10-,18-14?. The van der Waals surface area contributed by atoms with E-state index in [0.717, 1.165) is 47.4 Å². The van der Waals surface area contributed by atoms with Gasteiger partial charge in [-0.2, -0.15) is 10.0 Å². The Morgan fingerprint density at radius 1 is 1.22 bits per heavy atom. The van der Waals surface area contributed by atoms with E-state index in [1.54, 1.807) is 6.08 Å². The monoisotopic (exact) mass is 405 g/mol. The van der Waals surface area contributed by atoms with Gasteiger partial charge in [0.05, 0.1) is 5.57 Å². The van der Waals surface area contributed by atoms with E-state index >= 15 is 0 Å². The van der Waals surface area contributed by atoms with Crippen molar-refractivity contribution in [2.45, 2.75) is 13.8 Å². The summed E-state index contributed by atoms with van der Waals surface area (Å²) in [6.07, 6.45) is 2.59. The molecule has 0 saturated heterocycles. The van der Waals surface area contributed by atoms with E-state index in [0.29, 0.717) is 0 Å². The van der Waals surface area contributed by atoms with Gasteiger partial charge in [0.25, 0.3) is 5.91 Å². The number of anilines is 1. The van der Waals surface area contributed by atoms with E-state index in [1.165, 1.54) is 0 Å². The Labute approximate surface area is 162 Å².